The quantitative estimate of drug-likeness (QED) is 0.314. The van der Waals surface area contributed by atoms with Gasteiger partial charge in [-0.3, -0.25) is 9.59 Å². The van der Waals surface area contributed by atoms with Crippen molar-refractivity contribution in [2.45, 2.75) is 19.4 Å². The van der Waals surface area contributed by atoms with Gasteiger partial charge in [-0.15, -0.1) is 0 Å². The second-order valence-corrected chi connectivity index (χ2v) is 7.14. The highest BCUT2D eigenvalue weighted by Crippen LogP contribution is 2.41. The van der Waals surface area contributed by atoms with Crippen LogP contribution in [0.2, 0.25) is 0 Å². The highest BCUT2D eigenvalue weighted by atomic mass is 16.5. The second kappa shape index (κ2) is 9.00. The number of benzene rings is 2. The summed E-state index contributed by atoms with van der Waals surface area (Å²) in [4.78, 5) is 27.2. The lowest BCUT2D eigenvalue weighted by atomic mass is 9.94. The molecule has 1 heterocycles. The van der Waals surface area contributed by atoms with Crippen LogP contribution in [0.3, 0.4) is 0 Å². The van der Waals surface area contributed by atoms with Crippen molar-refractivity contribution in [3.63, 3.8) is 0 Å². The Morgan fingerprint density at radius 3 is 2.43 bits per heavy atom. The Bertz CT molecular complexity index is 980. The number of ketones is 1. The van der Waals surface area contributed by atoms with E-state index in [2.05, 4.69) is 0 Å². The van der Waals surface area contributed by atoms with Crippen LogP contribution in [0.1, 0.15) is 29.2 Å². The van der Waals surface area contributed by atoms with Gasteiger partial charge in [0.2, 0.25) is 0 Å². The van der Waals surface area contributed by atoms with Crippen LogP contribution in [0.4, 0.5) is 0 Å². The maximum atomic E-state index is 12.9. The molecule has 0 spiro atoms. The molecule has 1 aliphatic heterocycles. The molecule has 30 heavy (non-hydrogen) atoms. The minimum absolute atomic E-state index is 0.00835. The van der Waals surface area contributed by atoms with Crippen molar-refractivity contribution >= 4 is 17.4 Å². The van der Waals surface area contributed by atoms with Crippen LogP contribution in [0.25, 0.3) is 5.76 Å². The van der Waals surface area contributed by atoms with Crippen LogP contribution in [0.15, 0.2) is 48.0 Å². The molecule has 7 nitrogen and oxygen atoms in total. The first-order chi connectivity index (χ1) is 14.4. The van der Waals surface area contributed by atoms with Crippen molar-refractivity contribution in [1.29, 1.82) is 0 Å². The number of rotatable bonds is 7. The van der Waals surface area contributed by atoms with Gasteiger partial charge in [0, 0.05) is 25.8 Å². The van der Waals surface area contributed by atoms with Gasteiger partial charge in [-0.1, -0.05) is 35.9 Å². The summed E-state index contributed by atoms with van der Waals surface area (Å²) in [5.74, 6) is -1.51. The maximum Gasteiger partial charge on any atom is 0.295 e. The third-order valence-electron chi connectivity index (χ3n) is 5.13. The molecular weight excluding hydrogens is 386 g/mol. The van der Waals surface area contributed by atoms with E-state index in [1.165, 1.54) is 18.1 Å². The second-order valence-electron chi connectivity index (χ2n) is 7.14. The predicted octanol–water partition coefficient (Wildman–Crippen LogP) is 3.17. The number of amides is 1. The molecule has 0 aliphatic carbocycles. The van der Waals surface area contributed by atoms with Crippen molar-refractivity contribution in [3.05, 3.63) is 64.7 Å². The molecule has 1 aliphatic rings. The molecule has 2 aromatic carbocycles. The zero-order valence-electron chi connectivity index (χ0n) is 17.2. The first-order valence-corrected chi connectivity index (χ1v) is 9.60. The number of nitrogens with zero attached hydrogens (tertiary/aromatic N) is 1. The molecule has 3 rings (SSSR count). The van der Waals surface area contributed by atoms with Gasteiger partial charge in [-0.2, -0.15) is 0 Å². The van der Waals surface area contributed by atoms with Crippen LogP contribution in [-0.2, 0) is 14.3 Å². The topological polar surface area (TPSA) is 96.3 Å². The Morgan fingerprint density at radius 2 is 1.80 bits per heavy atom. The van der Waals surface area contributed by atoms with Gasteiger partial charge in [-0.25, -0.2) is 0 Å². The number of aliphatic hydroxyl groups excluding tert-OH is 1. The van der Waals surface area contributed by atoms with Gasteiger partial charge in [0.1, 0.15) is 5.76 Å². The smallest absolute Gasteiger partial charge is 0.295 e. The van der Waals surface area contributed by atoms with E-state index in [0.717, 1.165) is 5.56 Å². The standard InChI is InChI=1S/C23H25NO6/c1-14-5-7-15(8-6-14)21(26)19-20(16-9-10-17(25)18(13-16)30-3)24(11-4-12-29-2)23(28)22(19)27/h5-10,13,20,25-26H,4,11-12H2,1-3H3/b21-19-. The van der Waals surface area contributed by atoms with E-state index in [1.807, 2.05) is 19.1 Å². The van der Waals surface area contributed by atoms with E-state index in [4.69, 9.17) is 9.47 Å². The third-order valence-corrected chi connectivity index (χ3v) is 5.13. The molecule has 0 saturated carbocycles. The minimum atomic E-state index is -0.808. The van der Waals surface area contributed by atoms with Gasteiger partial charge in [0.15, 0.2) is 11.5 Å². The van der Waals surface area contributed by atoms with Gasteiger partial charge in [0.25, 0.3) is 11.7 Å². The molecule has 1 unspecified atom stereocenters. The Morgan fingerprint density at radius 1 is 1.10 bits per heavy atom. The predicted molar refractivity (Wildman–Crippen MR) is 111 cm³/mol. The maximum absolute atomic E-state index is 12.9. The zero-order valence-corrected chi connectivity index (χ0v) is 17.2. The molecule has 1 fully saturated rings. The van der Waals surface area contributed by atoms with Crippen LogP contribution >= 0.6 is 0 Å². The van der Waals surface area contributed by atoms with Crippen LogP contribution in [-0.4, -0.2) is 54.2 Å². The number of ether oxygens (including phenoxy) is 2. The third kappa shape index (κ3) is 4.02. The molecule has 7 heteroatoms. The number of aryl methyl sites for hydroxylation is 1. The summed E-state index contributed by atoms with van der Waals surface area (Å²) in [6, 6.07) is 10.9. The molecule has 1 amide bonds. The Balaban J connectivity index is 2.15. The van der Waals surface area contributed by atoms with Crippen LogP contribution in [0.5, 0.6) is 11.5 Å². The summed E-state index contributed by atoms with van der Waals surface area (Å²) < 4.78 is 10.3. The number of carbonyl (C=O) groups is 2. The monoisotopic (exact) mass is 411 g/mol. The fourth-order valence-corrected chi connectivity index (χ4v) is 3.57. The van der Waals surface area contributed by atoms with Crippen molar-refractivity contribution in [2.24, 2.45) is 0 Å². The van der Waals surface area contributed by atoms with E-state index < -0.39 is 17.7 Å². The normalized spacial score (nSPS) is 18.1. The summed E-state index contributed by atoms with van der Waals surface area (Å²) in [7, 11) is 2.98. The fraction of sp³-hybridized carbons (Fsp3) is 0.304. The lowest BCUT2D eigenvalue weighted by molar-refractivity contribution is -0.140. The summed E-state index contributed by atoms with van der Waals surface area (Å²) in [6.07, 6.45) is 0.528. The lowest BCUT2D eigenvalue weighted by Crippen LogP contribution is -2.31. The Kier molecular flexibility index (Phi) is 6.42. The molecule has 0 bridgehead atoms. The summed E-state index contributed by atoms with van der Waals surface area (Å²) in [6.45, 7) is 2.62. The van der Waals surface area contributed by atoms with Gasteiger partial charge in [0.05, 0.1) is 18.7 Å². The zero-order chi connectivity index (χ0) is 21.8. The number of phenols is 1. The van der Waals surface area contributed by atoms with Crippen LogP contribution < -0.4 is 4.74 Å². The number of phenolic OH excluding ortho intramolecular Hbond substituents is 1. The average Bonchev–Trinajstić information content (AvgIpc) is 2.99. The highest BCUT2D eigenvalue weighted by Gasteiger charge is 2.46. The first kappa shape index (κ1) is 21.4. The number of aromatic hydroxyl groups is 1. The van der Waals surface area contributed by atoms with Gasteiger partial charge in [-0.05, 0) is 31.0 Å². The first-order valence-electron chi connectivity index (χ1n) is 9.60. The number of hydrogen-bond acceptors (Lipinski definition) is 6. The van der Waals surface area contributed by atoms with E-state index in [9.17, 15) is 19.8 Å². The Hall–Kier alpha value is -3.32. The summed E-state index contributed by atoms with van der Waals surface area (Å²) in [5.41, 5.74) is 2.02. The van der Waals surface area contributed by atoms with Crippen molar-refractivity contribution in [3.8, 4) is 11.5 Å². The number of likely N-dealkylation sites (tertiary alicyclic amines) is 1. The molecule has 1 saturated heterocycles. The molecule has 158 valence electrons. The fourth-order valence-electron chi connectivity index (χ4n) is 3.57. The molecule has 2 aromatic rings. The van der Waals surface area contributed by atoms with E-state index in [-0.39, 0.29) is 29.4 Å². The number of carbonyl (C=O) groups excluding carboxylic acids is 2. The number of aliphatic hydroxyl groups is 1. The Labute approximate surface area is 175 Å². The van der Waals surface area contributed by atoms with E-state index >= 15 is 0 Å². The lowest BCUT2D eigenvalue weighted by Gasteiger charge is -2.25. The molecule has 0 aromatic heterocycles. The SMILES string of the molecule is COCCCN1C(=O)C(=O)/C(=C(\O)c2ccc(C)cc2)C1c1ccc(O)c(OC)c1. The van der Waals surface area contributed by atoms with Crippen molar-refractivity contribution in [2.75, 3.05) is 27.4 Å². The van der Waals surface area contributed by atoms with E-state index in [1.54, 1.807) is 31.4 Å². The van der Waals surface area contributed by atoms with Crippen LogP contribution in [0, 0.1) is 6.92 Å². The number of Topliss-reactive ketones (excluding diaryl/α,β-unsaturated/α-hetero) is 1. The largest absolute Gasteiger partial charge is 0.507 e. The van der Waals surface area contributed by atoms with Crippen molar-refractivity contribution < 1.29 is 29.3 Å². The minimum Gasteiger partial charge on any atom is -0.507 e. The highest BCUT2D eigenvalue weighted by molar-refractivity contribution is 6.46. The molecular formula is C23H25NO6. The molecule has 1 atom stereocenters. The average molecular weight is 411 g/mol. The summed E-state index contributed by atoms with van der Waals surface area (Å²) >= 11 is 0. The van der Waals surface area contributed by atoms with Gasteiger partial charge < -0.3 is 24.6 Å². The number of methoxy groups -OCH3 is 2. The number of hydrogen-bond donors (Lipinski definition) is 2. The summed E-state index contributed by atoms with van der Waals surface area (Å²) in [5, 5.41) is 20.9. The van der Waals surface area contributed by atoms with Crippen molar-refractivity contribution in [1.82, 2.24) is 4.90 Å². The molecule has 2 N–H and O–H groups in total. The molecule has 0 radical (unpaired) electrons. The van der Waals surface area contributed by atoms with Gasteiger partial charge >= 0.3 is 0 Å². The van der Waals surface area contributed by atoms with E-state index in [0.29, 0.717) is 24.2 Å².